The molecule has 0 aliphatic rings. The van der Waals surface area contributed by atoms with Gasteiger partial charge in [-0.25, -0.2) is 0 Å². The van der Waals surface area contributed by atoms with Crippen LogP contribution >= 0.6 is 11.8 Å². The minimum Gasteiger partial charge on any atom is -0.481 e. The summed E-state index contributed by atoms with van der Waals surface area (Å²) in [5, 5.41) is 16.8. The molecule has 0 saturated carbocycles. The molecule has 0 fully saturated rings. The van der Waals surface area contributed by atoms with Gasteiger partial charge in [0.2, 0.25) is 0 Å². The molecule has 0 saturated heterocycles. The molecule has 6 heteroatoms. The zero-order chi connectivity index (χ0) is 11.0. The number of carboxylic acids is 2. The molecule has 5 nitrogen and oxygen atoms in total. The predicted octanol–water partition coefficient (Wildman–Crippen LogP) is 0.386. The Morgan fingerprint density at radius 3 is 2.43 bits per heavy atom. The maximum absolute atomic E-state index is 10.3. The van der Waals surface area contributed by atoms with E-state index in [4.69, 9.17) is 15.9 Å². The SMILES string of the molecule is NC(CCCSCCC(=O)O)C(=O)O. The summed E-state index contributed by atoms with van der Waals surface area (Å²) in [5.41, 5.74) is 5.28. The average Bonchev–Trinajstić information content (AvgIpc) is 2.09. The highest BCUT2D eigenvalue weighted by Gasteiger charge is 2.09. The van der Waals surface area contributed by atoms with Crippen LogP contribution in [0.25, 0.3) is 0 Å². The van der Waals surface area contributed by atoms with Crippen molar-refractivity contribution in [2.24, 2.45) is 5.73 Å². The predicted molar refractivity (Wildman–Crippen MR) is 54.4 cm³/mol. The van der Waals surface area contributed by atoms with E-state index in [0.717, 1.165) is 5.75 Å². The topological polar surface area (TPSA) is 101 Å². The number of carboxylic acid groups (broad SMARTS) is 2. The second-order valence-corrected chi connectivity index (χ2v) is 4.07. The molecule has 0 heterocycles. The van der Waals surface area contributed by atoms with Gasteiger partial charge in [0.1, 0.15) is 6.04 Å². The number of thioether (sulfide) groups is 1. The van der Waals surface area contributed by atoms with Crippen LogP contribution in [0.3, 0.4) is 0 Å². The molecule has 0 aliphatic carbocycles. The van der Waals surface area contributed by atoms with Gasteiger partial charge in [0.05, 0.1) is 6.42 Å². The average molecular weight is 221 g/mol. The lowest BCUT2D eigenvalue weighted by Gasteiger charge is -2.04. The minimum atomic E-state index is -0.986. The molecule has 0 amide bonds. The van der Waals surface area contributed by atoms with Crippen molar-refractivity contribution in [2.75, 3.05) is 11.5 Å². The Morgan fingerprint density at radius 1 is 1.29 bits per heavy atom. The largest absolute Gasteiger partial charge is 0.481 e. The molecule has 1 unspecified atom stereocenters. The first kappa shape index (κ1) is 13.2. The number of aliphatic carboxylic acids is 2. The molecule has 4 N–H and O–H groups in total. The highest BCUT2D eigenvalue weighted by Crippen LogP contribution is 2.07. The van der Waals surface area contributed by atoms with E-state index in [1.165, 1.54) is 11.8 Å². The molecule has 0 radical (unpaired) electrons. The van der Waals surface area contributed by atoms with E-state index in [1.54, 1.807) is 0 Å². The quantitative estimate of drug-likeness (QED) is 0.512. The highest BCUT2D eigenvalue weighted by atomic mass is 32.2. The van der Waals surface area contributed by atoms with E-state index in [-0.39, 0.29) is 6.42 Å². The Labute approximate surface area is 86.7 Å². The molecule has 0 bridgehead atoms. The summed E-state index contributed by atoms with van der Waals surface area (Å²) < 4.78 is 0. The Morgan fingerprint density at radius 2 is 1.93 bits per heavy atom. The minimum absolute atomic E-state index is 0.148. The van der Waals surface area contributed by atoms with Gasteiger partial charge in [0, 0.05) is 5.75 Å². The van der Waals surface area contributed by atoms with Crippen molar-refractivity contribution in [2.45, 2.75) is 25.3 Å². The van der Waals surface area contributed by atoms with Crippen molar-refractivity contribution in [1.82, 2.24) is 0 Å². The van der Waals surface area contributed by atoms with Gasteiger partial charge in [-0.1, -0.05) is 0 Å². The van der Waals surface area contributed by atoms with Crippen molar-refractivity contribution >= 4 is 23.7 Å². The molecule has 14 heavy (non-hydrogen) atoms. The smallest absolute Gasteiger partial charge is 0.320 e. The first-order valence-electron chi connectivity index (χ1n) is 4.32. The summed E-state index contributed by atoms with van der Waals surface area (Å²) >= 11 is 1.51. The Balaban J connectivity index is 3.21. The number of rotatable bonds is 8. The van der Waals surface area contributed by atoms with Gasteiger partial charge >= 0.3 is 11.9 Å². The standard InChI is InChI=1S/C8H15NO4S/c9-6(8(12)13)2-1-4-14-5-3-7(10)11/h6H,1-5,9H2,(H,10,11)(H,12,13). The lowest BCUT2D eigenvalue weighted by Crippen LogP contribution is -2.29. The van der Waals surface area contributed by atoms with E-state index in [1.807, 2.05) is 0 Å². The molecular weight excluding hydrogens is 206 g/mol. The third-order valence-electron chi connectivity index (χ3n) is 1.58. The summed E-state index contributed by atoms with van der Waals surface area (Å²) in [6.07, 6.45) is 1.29. The summed E-state index contributed by atoms with van der Waals surface area (Å²) in [6, 6.07) is -0.796. The Kier molecular flexibility index (Phi) is 7.23. The van der Waals surface area contributed by atoms with Gasteiger partial charge in [-0.2, -0.15) is 11.8 Å². The van der Waals surface area contributed by atoms with Gasteiger partial charge in [-0.3, -0.25) is 9.59 Å². The van der Waals surface area contributed by atoms with Crippen molar-refractivity contribution in [3.05, 3.63) is 0 Å². The molecule has 0 spiro atoms. The fraction of sp³-hybridized carbons (Fsp3) is 0.750. The lowest BCUT2D eigenvalue weighted by molar-refractivity contribution is -0.139. The molecule has 0 aromatic heterocycles. The maximum atomic E-state index is 10.3. The molecule has 1 atom stereocenters. The lowest BCUT2D eigenvalue weighted by atomic mass is 10.2. The second-order valence-electron chi connectivity index (χ2n) is 2.84. The Bertz CT molecular complexity index is 198. The normalized spacial score (nSPS) is 12.4. The molecule has 82 valence electrons. The van der Waals surface area contributed by atoms with E-state index in [2.05, 4.69) is 0 Å². The molecule has 0 rings (SSSR count). The third-order valence-corrected chi connectivity index (χ3v) is 2.65. The van der Waals surface area contributed by atoms with Crippen LogP contribution < -0.4 is 5.73 Å². The van der Waals surface area contributed by atoms with E-state index >= 15 is 0 Å². The Hall–Kier alpha value is -0.750. The summed E-state index contributed by atoms with van der Waals surface area (Å²) in [4.78, 5) is 20.4. The summed E-state index contributed by atoms with van der Waals surface area (Å²) in [6.45, 7) is 0. The fourth-order valence-corrected chi connectivity index (χ4v) is 1.68. The van der Waals surface area contributed by atoms with Crippen LogP contribution in [-0.4, -0.2) is 39.7 Å². The van der Waals surface area contributed by atoms with Crippen molar-refractivity contribution in [3.8, 4) is 0 Å². The zero-order valence-corrected chi connectivity index (χ0v) is 8.63. The molecule has 0 aromatic carbocycles. The van der Waals surface area contributed by atoms with Crippen LogP contribution in [-0.2, 0) is 9.59 Å². The van der Waals surface area contributed by atoms with Gasteiger partial charge in [-0.15, -0.1) is 0 Å². The number of nitrogens with two attached hydrogens (primary N) is 1. The zero-order valence-electron chi connectivity index (χ0n) is 7.81. The number of hydrogen-bond donors (Lipinski definition) is 3. The van der Waals surface area contributed by atoms with Crippen molar-refractivity contribution in [3.63, 3.8) is 0 Å². The molecule has 0 aliphatic heterocycles. The first-order chi connectivity index (χ1) is 6.54. The first-order valence-corrected chi connectivity index (χ1v) is 5.47. The third kappa shape index (κ3) is 7.88. The van der Waals surface area contributed by atoms with E-state index < -0.39 is 18.0 Å². The fourth-order valence-electron chi connectivity index (χ4n) is 0.790. The van der Waals surface area contributed by atoms with Gasteiger partial charge in [-0.05, 0) is 18.6 Å². The summed E-state index contributed by atoms with van der Waals surface area (Å²) in [5.74, 6) is -0.466. The van der Waals surface area contributed by atoms with Gasteiger partial charge in [0.15, 0.2) is 0 Å². The monoisotopic (exact) mass is 221 g/mol. The van der Waals surface area contributed by atoms with Crippen molar-refractivity contribution in [1.29, 1.82) is 0 Å². The van der Waals surface area contributed by atoms with E-state index in [9.17, 15) is 9.59 Å². The summed E-state index contributed by atoms with van der Waals surface area (Å²) in [7, 11) is 0. The van der Waals surface area contributed by atoms with Crippen LogP contribution in [0, 0.1) is 0 Å². The van der Waals surface area contributed by atoms with Gasteiger partial charge < -0.3 is 15.9 Å². The van der Waals surface area contributed by atoms with Gasteiger partial charge in [0.25, 0.3) is 0 Å². The van der Waals surface area contributed by atoms with Crippen LogP contribution in [0.15, 0.2) is 0 Å². The van der Waals surface area contributed by atoms with Crippen molar-refractivity contribution < 1.29 is 19.8 Å². The number of hydrogen-bond acceptors (Lipinski definition) is 4. The highest BCUT2D eigenvalue weighted by molar-refractivity contribution is 7.99. The van der Waals surface area contributed by atoms with Crippen LogP contribution in [0.1, 0.15) is 19.3 Å². The van der Waals surface area contributed by atoms with E-state index in [0.29, 0.717) is 18.6 Å². The number of carbonyl (C=O) groups is 2. The second kappa shape index (κ2) is 7.64. The molecular formula is C8H15NO4S. The van der Waals surface area contributed by atoms with Crippen LogP contribution in [0.4, 0.5) is 0 Å². The van der Waals surface area contributed by atoms with Crippen LogP contribution in [0.2, 0.25) is 0 Å². The maximum Gasteiger partial charge on any atom is 0.320 e. The molecule has 0 aromatic rings. The van der Waals surface area contributed by atoms with Crippen LogP contribution in [0.5, 0.6) is 0 Å².